The molecule has 4 aromatic rings. The summed E-state index contributed by atoms with van der Waals surface area (Å²) >= 11 is 0. The summed E-state index contributed by atoms with van der Waals surface area (Å²) in [5.74, 6) is 0.529. The van der Waals surface area contributed by atoms with Gasteiger partial charge in [0.2, 0.25) is 6.29 Å². The van der Waals surface area contributed by atoms with Gasteiger partial charge < -0.3 is 29.6 Å². The number of benzene rings is 3. The summed E-state index contributed by atoms with van der Waals surface area (Å²) in [5, 5.41) is 11.9. The quantitative estimate of drug-likeness (QED) is 0.236. The van der Waals surface area contributed by atoms with Crippen molar-refractivity contribution in [3.8, 4) is 11.1 Å². The first kappa shape index (κ1) is 25.3. The molecule has 2 aliphatic rings. The summed E-state index contributed by atoms with van der Waals surface area (Å²) in [5.41, 5.74) is 8.07. The second kappa shape index (κ2) is 11.4. The molecule has 0 saturated carbocycles. The van der Waals surface area contributed by atoms with E-state index in [0.29, 0.717) is 25.5 Å². The Kier molecular flexibility index (Phi) is 7.40. The van der Waals surface area contributed by atoms with Crippen LogP contribution in [0.1, 0.15) is 34.9 Å². The van der Waals surface area contributed by atoms with E-state index in [1.165, 1.54) is 27.8 Å². The highest BCUT2D eigenvalue weighted by atomic mass is 16.7. The first-order valence-corrected chi connectivity index (χ1v) is 13.3. The number of aliphatic hydroxyl groups is 1. The van der Waals surface area contributed by atoms with Gasteiger partial charge in [0.25, 0.3) is 5.91 Å². The van der Waals surface area contributed by atoms with E-state index >= 15 is 0 Å². The Morgan fingerprint density at radius 2 is 1.87 bits per heavy atom. The van der Waals surface area contributed by atoms with Crippen LogP contribution < -0.4 is 5.32 Å². The highest BCUT2D eigenvalue weighted by molar-refractivity contribution is 5.91. The van der Waals surface area contributed by atoms with E-state index in [-0.39, 0.29) is 37.3 Å². The fourth-order valence-corrected chi connectivity index (χ4v) is 5.41. The van der Waals surface area contributed by atoms with Gasteiger partial charge in [-0.3, -0.25) is 4.79 Å². The minimum absolute atomic E-state index is 0.0399. The van der Waals surface area contributed by atoms with Gasteiger partial charge in [0.15, 0.2) is 5.76 Å². The van der Waals surface area contributed by atoms with Crippen LogP contribution in [-0.2, 0) is 32.0 Å². The number of amides is 1. The molecule has 8 nitrogen and oxygen atoms in total. The molecule has 1 amide bonds. The second-order valence-corrected chi connectivity index (χ2v) is 9.72. The highest BCUT2D eigenvalue weighted by Crippen LogP contribution is 2.42. The number of fused-ring (bicyclic) bond motifs is 4. The normalized spacial score (nSPS) is 17.8. The van der Waals surface area contributed by atoms with Gasteiger partial charge in [-0.1, -0.05) is 54.6 Å². The van der Waals surface area contributed by atoms with Crippen LogP contribution in [-0.4, -0.2) is 53.7 Å². The fraction of sp³-hybridized carbons (Fsp3) is 0.290. The van der Waals surface area contributed by atoms with Crippen molar-refractivity contribution in [2.45, 2.75) is 31.6 Å². The Morgan fingerprint density at radius 3 is 2.77 bits per heavy atom. The molecule has 1 aliphatic carbocycles. The van der Waals surface area contributed by atoms with Crippen LogP contribution in [0.2, 0.25) is 0 Å². The number of hydrogen-bond acceptors (Lipinski definition) is 6. The van der Waals surface area contributed by atoms with Crippen molar-refractivity contribution in [3.63, 3.8) is 0 Å². The molecule has 8 heteroatoms. The molecule has 3 aromatic carbocycles. The van der Waals surface area contributed by atoms with Crippen LogP contribution in [0, 0.1) is 0 Å². The zero-order valence-electron chi connectivity index (χ0n) is 21.6. The van der Waals surface area contributed by atoms with Crippen LogP contribution in [0.5, 0.6) is 0 Å². The third-order valence-corrected chi connectivity index (χ3v) is 7.19. The van der Waals surface area contributed by atoms with Crippen molar-refractivity contribution in [1.29, 1.82) is 0 Å². The molecule has 2 heterocycles. The highest BCUT2D eigenvalue weighted by Gasteiger charge is 2.32. The predicted molar refractivity (Wildman–Crippen MR) is 147 cm³/mol. The molecular formula is C31H31N3O5. The topological polar surface area (TPSA) is 106 Å². The van der Waals surface area contributed by atoms with E-state index in [2.05, 4.69) is 57.7 Å². The van der Waals surface area contributed by atoms with Gasteiger partial charge in [0.05, 0.1) is 44.0 Å². The molecule has 0 saturated heterocycles. The molecule has 0 bridgehead atoms. The lowest BCUT2D eigenvalue weighted by Crippen LogP contribution is -2.33. The number of aliphatic hydroxyl groups excluding tert-OH is 1. The largest absolute Gasteiger partial charge is 0.459 e. The summed E-state index contributed by atoms with van der Waals surface area (Å²) in [4.78, 5) is 21.1. The number of carbonyl (C=O) groups is 1. The van der Waals surface area contributed by atoms with Crippen LogP contribution in [0.3, 0.4) is 0 Å². The second-order valence-electron chi connectivity index (χ2n) is 9.72. The zero-order chi connectivity index (χ0) is 26.6. The number of para-hydroxylation sites is 2. The standard InChI is InChI=1S/C31H31N3O5/c35-12-13-37-14-15-38-30-18-21(23-8-5-9-24-22-7-2-1-6-20(22)16-25(23)24)17-28(39-30)31(36)32-19-29-33-26-10-3-4-11-27(26)34-29/h1-11,17,21,30,35H,12-16,18-19H2,(H,32,36)(H,33,34). The van der Waals surface area contributed by atoms with Crippen LogP contribution in [0.25, 0.3) is 22.2 Å². The Labute approximate surface area is 226 Å². The van der Waals surface area contributed by atoms with Gasteiger partial charge in [-0.05, 0) is 52.4 Å². The SMILES string of the molecule is O=C(NCc1nc2ccccc2[nH]1)C1=CC(c2cccc3c2Cc2ccccc2-3)CC(OCCOCCO)O1. The van der Waals surface area contributed by atoms with Gasteiger partial charge in [0, 0.05) is 12.3 Å². The van der Waals surface area contributed by atoms with E-state index in [1.807, 2.05) is 30.3 Å². The monoisotopic (exact) mass is 525 g/mol. The average molecular weight is 526 g/mol. The first-order valence-electron chi connectivity index (χ1n) is 13.3. The average Bonchev–Trinajstić information content (AvgIpc) is 3.57. The number of H-pyrrole nitrogens is 1. The Bertz CT molecular complexity index is 1480. The summed E-state index contributed by atoms with van der Waals surface area (Å²) in [6, 6.07) is 22.6. The van der Waals surface area contributed by atoms with E-state index in [0.717, 1.165) is 17.5 Å². The number of rotatable bonds is 10. The Hall–Kier alpha value is -3.98. The molecule has 39 heavy (non-hydrogen) atoms. The molecule has 3 N–H and O–H groups in total. The lowest BCUT2D eigenvalue weighted by molar-refractivity contribution is -0.151. The summed E-state index contributed by atoms with van der Waals surface area (Å²) < 4.78 is 17.3. The van der Waals surface area contributed by atoms with E-state index < -0.39 is 6.29 Å². The summed E-state index contributed by atoms with van der Waals surface area (Å²) in [7, 11) is 0. The third-order valence-electron chi connectivity index (χ3n) is 7.19. The maximum absolute atomic E-state index is 13.3. The van der Waals surface area contributed by atoms with Crippen molar-refractivity contribution < 1.29 is 24.1 Å². The van der Waals surface area contributed by atoms with E-state index in [9.17, 15) is 4.79 Å². The van der Waals surface area contributed by atoms with Gasteiger partial charge in [0.1, 0.15) is 5.82 Å². The maximum Gasteiger partial charge on any atom is 0.286 e. The number of nitrogens with zero attached hydrogens (tertiary/aromatic N) is 1. The molecule has 1 aliphatic heterocycles. The van der Waals surface area contributed by atoms with Crippen LogP contribution in [0.15, 0.2) is 78.6 Å². The first-order chi connectivity index (χ1) is 19.2. The van der Waals surface area contributed by atoms with Crippen molar-refractivity contribution in [1.82, 2.24) is 15.3 Å². The molecule has 0 fully saturated rings. The number of hydrogen-bond donors (Lipinski definition) is 3. The van der Waals surface area contributed by atoms with Crippen molar-refractivity contribution in [2.24, 2.45) is 0 Å². The number of allylic oxidation sites excluding steroid dienone is 1. The summed E-state index contributed by atoms with van der Waals surface area (Å²) in [6.07, 6.45) is 2.74. The Morgan fingerprint density at radius 1 is 1.03 bits per heavy atom. The maximum atomic E-state index is 13.3. The smallest absolute Gasteiger partial charge is 0.286 e. The van der Waals surface area contributed by atoms with Crippen molar-refractivity contribution in [3.05, 3.63) is 101 Å². The third kappa shape index (κ3) is 5.45. The lowest BCUT2D eigenvalue weighted by atomic mass is 9.87. The number of aromatic nitrogens is 2. The van der Waals surface area contributed by atoms with E-state index in [4.69, 9.17) is 19.3 Å². The van der Waals surface area contributed by atoms with Crippen molar-refractivity contribution in [2.75, 3.05) is 26.4 Å². The lowest BCUT2D eigenvalue weighted by Gasteiger charge is -2.30. The molecule has 200 valence electrons. The number of carbonyl (C=O) groups excluding carboxylic acids is 1. The van der Waals surface area contributed by atoms with Gasteiger partial charge in [-0.2, -0.15) is 0 Å². The molecule has 1 aromatic heterocycles. The van der Waals surface area contributed by atoms with Crippen LogP contribution in [0.4, 0.5) is 0 Å². The fourth-order valence-electron chi connectivity index (χ4n) is 5.41. The van der Waals surface area contributed by atoms with Crippen LogP contribution >= 0.6 is 0 Å². The van der Waals surface area contributed by atoms with E-state index in [1.54, 1.807) is 0 Å². The molecule has 6 rings (SSSR count). The number of imidazole rings is 1. The number of nitrogens with one attached hydrogen (secondary N) is 2. The molecular weight excluding hydrogens is 494 g/mol. The van der Waals surface area contributed by atoms with Gasteiger partial charge in [-0.15, -0.1) is 0 Å². The number of aromatic amines is 1. The summed E-state index contributed by atoms with van der Waals surface area (Å²) in [6.45, 7) is 1.09. The minimum atomic E-state index is -0.607. The molecule has 2 unspecified atom stereocenters. The Balaban J connectivity index is 1.22. The zero-order valence-corrected chi connectivity index (χ0v) is 21.6. The molecule has 2 atom stereocenters. The van der Waals surface area contributed by atoms with Gasteiger partial charge in [-0.25, -0.2) is 4.98 Å². The molecule has 0 spiro atoms. The minimum Gasteiger partial charge on any atom is -0.459 e. The molecule has 0 radical (unpaired) electrons. The van der Waals surface area contributed by atoms with Gasteiger partial charge >= 0.3 is 0 Å². The predicted octanol–water partition coefficient (Wildman–Crippen LogP) is 4.19. The number of ether oxygens (including phenoxy) is 3. The van der Waals surface area contributed by atoms with Crippen molar-refractivity contribution >= 4 is 16.9 Å².